The van der Waals surface area contributed by atoms with Gasteiger partial charge < -0.3 is 4.74 Å². The summed E-state index contributed by atoms with van der Waals surface area (Å²) in [5, 5.41) is 10.8. The van der Waals surface area contributed by atoms with Crippen LogP contribution in [-0.4, -0.2) is 22.3 Å². The van der Waals surface area contributed by atoms with Gasteiger partial charge in [-0.05, 0) is 27.2 Å². The standard InChI is InChI=1S/C14H17NO5/c1-14(2,3)20-13(17)12(16)9-8-10-6-4-5-7-11(10)15(18)19/h4-7H,8-9H2,1-3H3. The number of aryl methyl sites for hydroxylation is 1. The molecule has 0 heterocycles. The van der Waals surface area contributed by atoms with E-state index in [-0.39, 0.29) is 18.5 Å². The Labute approximate surface area is 116 Å². The summed E-state index contributed by atoms with van der Waals surface area (Å²) < 4.78 is 4.94. The molecule has 6 nitrogen and oxygen atoms in total. The highest BCUT2D eigenvalue weighted by atomic mass is 16.6. The number of benzene rings is 1. The Morgan fingerprint density at radius 2 is 1.85 bits per heavy atom. The normalized spacial score (nSPS) is 10.9. The predicted octanol–water partition coefficient (Wildman–Crippen LogP) is 2.44. The summed E-state index contributed by atoms with van der Waals surface area (Å²) in [7, 11) is 0. The zero-order valence-electron chi connectivity index (χ0n) is 11.7. The lowest BCUT2D eigenvalue weighted by Gasteiger charge is -2.18. The number of hydrogen-bond acceptors (Lipinski definition) is 5. The first-order chi connectivity index (χ1) is 9.20. The molecule has 1 aromatic rings. The maximum absolute atomic E-state index is 11.6. The molecule has 0 bridgehead atoms. The number of rotatable bonds is 5. The summed E-state index contributed by atoms with van der Waals surface area (Å²) in [6.07, 6.45) is 0.0228. The van der Waals surface area contributed by atoms with Crippen molar-refractivity contribution in [2.24, 2.45) is 0 Å². The fourth-order valence-corrected chi connectivity index (χ4v) is 1.59. The van der Waals surface area contributed by atoms with Crippen LogP contribution in [0.4, 0.5) is 5.69 Å². The summed E-state index contributed by atoms with van der Waals surface area (Å²) in [6.45, 7) is 5.00. The first kappa shape index (κ1) is 15.8. The Kier molecular flexibility index (Phi) is 4.96. The molecule has 0 spiro atoms. The molecular weight excluding hydrogens is 262 g/mol. The van der Waals surface area contributed by atoms with Crippen molar-refractivity contribution in [2.75, 3.05) is 0 Å². The third-order valence-corrected chi connectivity index (χ3v) is 2.44. The van der Waals surface area contributed by atoms with Gasteiger partial charge >= 0.3 is 5.97 Å². The van der Waals surface area contributed by atoms with Gasteiger partial charge in [0.1, 0.15) is 5.60 Å². The number of carbonyl (C=O) groups is 2. The van der Waals surface area contributed by atoms with Crippen LogP contribution >= 0.6 is 0 Å². The van der Waals surface area contributed by atoms with Gasteiger partial charge in [0.15, 0.2) is 0 Å². The Bertz CT molecular complexity index is 531. The van der Waals surface area contributed by atoms with Gasteiger partial charge in [0.25, 0.3) is 5.69 Å². The van der Waals surface area contributed by atoms with Crippen molar-refractivity contribution in [3.8, 4) is 0 Å². The number of ketones is 1. The van der Waals surface area contributed by atoms with Gasteiger partial charge in [0.2, 0.25) is 5.78 Å². The summed E-state index contributed by atoms with van der Waals surface area (Å²) in [5.74, 6) is -1.59. The van der Waals surface area contributed by atoms with Crippen LogP contribution in [0, 0.1) is 10.1 Å². The van der Waals surface area contributed by atoms with Crippen LogP contribution in [0.5, 0.6) is 0 Å². The van der Waals surface area contributed by atoms with Crippen LogP contribution < -0.4 is 0 Å². The van der Waals surface area contributed by atoms with E-state index < -0.39 is 22.3 Å². The molecule has 108 valence electrons. The number of nitro benzene ring substituents is 1. The number of nitrogens with zero attached hydrogens (tertiary/aromatic N) is 1. The second-order valence-electron chi connectivity index (χ2n) is 5.31. The second-order valence-corrected chi connectivity index (χ2v) is 5.31. The van der Waals surface area contributed by atoms with E-state index in [9.17, 15) is 19.7 Å². The summed E-state index contributed by atoms with van der Waals surface area (Å²) in [4.78, 5) is 33.4. The fraction of sp³-hybridized carbons (Fsp3) is 0.429. The van der Waals surface area contributed by atoms with Gasteiger partial charge in [0, 0.05) is 18.1 Å². The smallest absolute Gasteiger partial charge is 0.375 e. The number of esters is 1. The number of carbonyl (C=O) groups excluding carboxylic acids is 2. The Morgan fingerprint density at radius 3 is 2.40 bits per heavy atom. The van der Waals surface area contributed by atoms with Crippen LogP contribution in [-0.2, 0) is 20.7 Å². The van der Waals surface area contributed by atoms with Gasteiger partial charge in [-0.25, -0.2) is 4.79 Å². The SMILES string of the molecule is CC(C)(C)OC(=O)C(=O)CCc1ccccc1[N+](=O)[O-]. The maximum Gasteiger partial charge on any atom is 0.375 e. The largest absolute Gasteiger partial charge is 0.454 e. The maximum atomic E-state index is 11.6. The van der Waals surface area contributed by atoms with Crippen LogP contribution in [0.1, 0.15) is 32.8 Å². The molecule has 0 N–H and O–H groups in total. The molecule has 0 radical (unpaired) electrons. The molecule has 1 aromatic carbocycles. The highest BCUT2D eigenvalue weighted by Crippen LogP contribution is 2.19. The molecule has 0 saturated heterocycles. The van der Waals surface area contributed by atoms with E-state index in [1.165, 1.54) is 6.07 Å². The molecule has 0 aromatic heterocycles. The second kappa shape index (κ2) is 6.27. The minimum atomic E-state index is -0.906. The zero-order valence-corrected chi connectivity index (χ0v) is 11.7. The van der Waals surface area contributed by atoms with Crippen molar-refractivity contribution in [1.82, 2.24) is 0 Å². The number of Topliss-reactive ketones (excluding diaryl/α,β-unsaturated/α-hetero) is 1. The Balaban J connectivity index is 2.66. The molecule has 0 atom stereocenters. The Morgan fingerprint density at radius 1 is 1.25 bits per heavy atom. The molecule has 20 heavy (non-hydrogen) atoms. The molecule has 0 aliphatic heterocycles. The number of nitro groups is 1. The highest BCUT2D eigenvalue weighted by Gasteiger charge is 2.23. The van der Waals surface area contributed by atoms with Gasteiger partial charge in [-0.2, -0.15) is 0 Å². The van der Waals surface area contributed by atoms with E-state index in [1.54, 1.807) is 39.0 Å². The first-order valence-electron chi connectivity index (χ1n) is 6.19. The minimum Gasteiger partial charge on any atom is -0.454 e. The van der Waals surface area contributed by atoms with Crippen molar-refractivity contribution in [3.63, 3.8) is 0 Å². The molecule has 0 amide bonds. The molecular formula is C14H17NO5. The van der Waals surface area contributed by atoms with Gasteiger partial charge in [0.05, 0.1) is 4.92 Å². The van der Waals surface area contributed by atoms with E-state index in [0.717, 1.165) is 0 Å². The molecule has 0 unspecified atom stereocenters. The average Bonchev–Trinajstić information content (AvgIpc) is 2.34. The lowest BCUT2D eigenvalue weighted by atomic mass is 10.1. The number of ether oxygens (including phenoxy) is 1. The van der Waals surface area contributed by atoms with Crippen molar-refractivity contribution < 1.29 is 19.2 Å². The van der Waals surface area contributed by atoms with Crippen LogP contribution in [0.25, 0.3) is 0 Å². The third-order valence-electron chi connectivity index (χ3n) is 2.44. The van der Waals surface area contributed by atoms with Crippen molar-refractivity contribution in [3.05, 3.63) is 39.9 Å². The fourth-order valence-electron chi connectivity index (χ4n) is 1.59. The molecule has 6 heteroatoms. The van der Waals surface area contributed by atoms with Crippen LogP contribution in [0.15, 0.2) is 24.3 Å². The van der Waals surface area contributed by atoms with E-state index in [0.29, 0.717) is 5.56 Å². The van der Waals surface area contributed by atoms with Crippen LogP contribution in [0.2, 0.25) is 0 Å². The predicted molar refractivity (Wildman–Crippen MR) is 72.3 cm³/mol. The minimum absolute atomic E-state index is 0.0514. The first-order valence-corrected chi connectivity index (χ1v) is 6.19. The highest BCUT2D eigenvalue weighted by molar-refractivity contribution is 6.33. The van der Waals surface area contributed by atoms with Crippen molar-refractivity contribution >= 4 is 17.4 Å². The number of hydrogen-bond donors (Lipinski definition) is 0. The Hall–Kier alpha value is -2.24. The summed E-state index contributed by atoms with van der Waals surface area (Å²) in [5.41, 5.74) is -0.357. The van der Waals surface area contributed by atoms with Gasteiger partial charge in [-0.3, -0.25) is 14.9 Å². The topological polar surface area (TPSA) is 86.5 Å². The van der Waals surface area contributed by atoms with Crippen molar-refractivity contribution in [1.29, 1.82) is 0 Å². The number of para-hydroxylation sites is 1. The lowest BCUT2D eigenvalue weighted by molar-refractivity contribution is -0.385. The quantitative estimate of drug-likeness (QED) is 0.357. The average molecular weight is 279 g/mol. The van der Waals surface area contributed by atoms with Crippen molar-refractivity contribution in [2.45, 2.75) is 39.2 Å². The van der Waals surface area contributed by atoms with Gasteiger partial charge in [-0.1, -0.05) is 18.2 Å². The molecule has 1 rings (SSSR count). The van der Waals surface area contributed by atoms with E-state index >= 15 is 0 Å². The monoisotopic (exact) mass is 279 g/mol. The summed E-state index contributed by atoms with van der Waals surface area (Å²) in [6, 6.07) is 6.14. The molecule has 0 fully saturated rings. The third kappa shape index (κ3) is 4.79. The lowest BCUT2D eigenvalue weighted by Crippen LogP contribution is -2.29. The molecule has 0 saturated carbocycles. The van der Waals surface area contributed by atoms with E-state index in [2.05, 4.69) is 0 Å². The van der Waals surface area contributed by atoms with E-state index in [4.69, 9.17) is 4.74 Å². The van der Waals surface area contributed by atoms with Gasteiger partial charge in [-0.15, -0.1) is 0 Å². The molecule has 0 aliphatic rings. The summed E-state index contributed by atoms with van der Waals surface area (Å²) >= 11 is 0. The molecule has 0 aliphatic carbocycles. The van der Waals surface area contributed by atoms with Crippen LogP contribution in [0.3, 0.4) is 0 Å². The van der Waals surface area contributed by atoms with E-state index in [1.807, 2.05) is 0 Å². The zero-order chi connectivity index (χ0) is 15.3.